The molecule has 2 heterocycles. The number of aliphatic hydroxyl groups is 1. The van der Waals surface area contributed by atoms with Gasteiger partial charge in [0, 0.05) is 36.5 Å². The summed E-state index contributed by atoms with van der Waals surface area (Å²) in [7, 11) is 0. The van der Waals surface area contributed by atoms with Crippen LogP contribution < -0.4 is 0 Å². The van der Waals surface area contributed by atoms with Crippen LogP contribution >= 0.6 is 0 Å². The van der Waals surface area contributed by atoms with Gasteiger partial charge in [-0.1, -0.05) is 55.1 Å². The van der Waals surface area contributed by atoms with E-state index in [0.717, 1.165) is 29.9 Å². The smallest absolute Gasteiger partial charge is 0.274 e. The Hall–Kier alpha value is -3.34. The van der Waals surface area contributed by atoms with Crippen LogP contribution in [0.3, 0.4) is 0 Å². The maximum Gasteiger partial charge on any atom is 0.274 e. The Morgan fingerprint density at radius 2 is 1.61 bits per heavy atom. The second-order valence-electron chi connectivity index (χ2n) is 7.08. The molecule has 0 spiro atoms. The predicted molar refractivity (Wildman–Crippen MR) is 109 cm³/mol. The highest BCUT2D eigenvalue weighted by Gasteiger charge is 2.27. The number of benzene rings is 2. The first-order chi connectivity index (χ1) is 13.6. The Morgan fingerprint density at radius 3 is 2.21 bits per heavy atom. The zero-order valence-corrected chi connectivity index (χ0v) is 15.7. The van der Waals surface area contributed by atoms with Crippen molar-refractivity contribution in [1.29, 1.82) is 0 Å². The van der Waals surface area contributed by atoms with Crippen LogP contribution in [0, 0.1) is 5.92 Å². The average molecular weight is 373 g/mol. The van der Waals surface area contributed by atoms with Gasteiger partial charge in [-0.05, 0) is 25.0 Å². The maximum absolute atomic E-state index is 13.1. The molecule has 0 radical (unpaired) electrons. The Labute approximate surface area is 164 Å². The second kappa shape index (κ2) is 7.72. The minimum absolute atomic E-state index is 0.0748. The Kier molecular flexibility index (Phi) is 4.98. The van der Waals surface area contributed by atoms with Crippen molar-refractivity contribution in [2.45, 2.75) is 12.8 Å². The third kappa shape index (κ3) is 3.56. The number of piperidine rings is 1. The molecule has 1 saturated heterocycles. The molecule has 1 aromatic heterocycles. The van der Waals surface area contributed by atoms with E-state index < -0.39 is 0 Å². The summed E-state index contributed by atoms with van der Waals surface area (Å²) in [4.78, 5) is 19.6. The van der Waals surface area contributed by atoms with Gasteiger partial charge in [-0.2, -0.15) is 0 Å². The van der Waals surface area contributed by atoms with E-state index in [4.69, 9.17) is 4.98 Å². The minimum atomic E-state index is -0.0751. The number of hydrogen-bond acceptors (Lipinski definition) is 3. The van der Waals surface area contributed by atoms with Gasteiger partial charge < -0.3 is 10.0 Å². The SMILES string of the molecule is C=C(O)C1CCN(C(=O)c2cn(-c3ccccc3)c(-c3ccccc3)n2)CC1. The third-order valence-electron chi connectivity index (χ3n) is 5.24. The lowest BCUT2D eigenvalue weighted by atomic mass is 9.95. The zero-order valence-electron chi connectivity index (χ0n) is 15.7. The molecule has 0 saturated carbocycles. The van der Waals surface area contributed by atoms with Crippen molar-refractivity contribution in [2.75, 3.05) is 13.1 Å². The highest BCUT2D eigenvalue weighted by atomic mass is 16.3. The van der Waals surface area contributed by atoms with Crippen LogP contribution in [-0.2, 0) is 0 Å². The Bertz CT molecular complexity index is 915. The highest BCUT2D eigenvalue weighted by Crippen LogP contribution is 2.26. The number of aromatic nitrogens is 2. The van der Waals surface area contributed by atoms with Gasteiger partial charge in [0.15, 0.2) is 0 Å². The largest absolute Gasteiger partial charge is 0.513 e. The number of nitrogens with zero attached hydrogens (tertiary/aromatic N) is 3. The Morgan fingerprint density at radius 1 is 1.00 bits per heavy atom. The summed E-state index contributed by atoms with van der Waals surface area (Å²) in [5.74, 6) is 0.959. The van der Waals surface area contributed by atoms with Gasteiger partial charge in [0.2, 0.25) is 0 Å². The zero-order chi connectivity index (χ0) is 19.5. The van der Waals surface area contributed by atoms with Gasteiger partial charge in [0.25, 0.3) is 5.91 Å². The van der Waals surface area contributed by atoms with Crippen LogP contribution in [0.25, 0.3) is 17.1 Å². The van der Waals surface area contributed by atoms with Crippen LogP contribution in [0.4, 0.5) is 0 Å². The first kappa shape index (κ1) is 18.0. The quantitative estimate of drug-likeness (QED) is 0.687. The first-order valence-corrected chi connectivity index (χ1v) is 9.51. The lowest BCUT2D eigenvalue weighted by molar-refractivity contribution is 0.0681. The molecule has 1 amide bonds. The summed E-state index contributed by atoms with van der Waals surface area (Å²) >= 11 is 0. The summed E-state index contributed by atoms with van der Waals surface area (Å²) in [6, 6.07) is 19.8. The summed E-state index contributed by atoms with van der Waals surface area (Å²) < 4.78 is 1.96. The fraction of sp³-hybridized carbons (Fsp3) is 0.217. The van der Waals surface area contributed by atoms with Crippen molar-refractivity contribution in [3.8, 4) is 17.1 Å². The molecule has 4 rings (SSSR count). The number of aliphatic hydroxyl groups excluding tert-OH is 1. The van der Waals surface area contributed by atoms with Gasteiger partial charge >= 0.3 is 0 Å². The molecule has 0 unspecified atom stereocenters. The van der Waals surface area contributed by atoms with E-state index in [1.165, 1.54) is 0 Å². The molecule has 28 heavy (non-hydrogen) atoms. The monoisotopic (exact) mass is 373 g/mol. The molecule has 1 fully saturated rings. The van der Waals surface area contributed by atoms with Crippen LogP contribution in [0.5, 0.6) is 0 Å². The van der Waals surface area contributed by atoms with Crippen LogP contribution in [0.15, 0.2) is 79.2 Å². The number of imidazole rings is 1. The third-order valence-corrected chi connectivity index (χ3v) is 5.24. The summed E-state index contributed by atoms with van der Waals surface area (Å²) in [6.07, 6.45) is 3.27. The van der Waals surface area contributed by atoms with Gasteiger partial charge in [-0.3, -0.25) is 9.36 Å². The molecule has 2 aromatic carbocycles. The lowest BCUT2D eigenvalue weighted by Crippen LogP contribution is -2.39. The molecule has 142 valence electrons. The number of allylic oxidation sites excluding steroid dienone is 1. The number of rotatable bonds is 4. The van der Waals surface area contributed by atoms with Crippen molar-refractivity contribution >= 4 is 5.91 Å². The van der Waals surface area contributed by atoms with Crippen molar-refractivity contribution in [2.24, 2.45) is 5.92 Å². The molecule has 3 aromatic rings. The fourth-order valence-corrected chi connectivity index (χ4v) is 3.64. The average Bonchev–Trinajstić information content (AvgIpc) is 3.20. The van der Waals surface area contributed by atoms with E-state index in [0.29, 0.717) is 18.8 Å². The van der Waals surface area contributed by atoms with E-state index >= 15 is 0 Å². The molecule has 1 aliphatic rings. The van der Waals surface area contributed by atoms with Gasteiger partial charge in [-0.25, -0.2) is 4.98 Å². The van der Waals surface area contributed by atoms with Crippen LogP contribution in [0.2, 0.25) is 0 Å². The topological polar surface area (TPSA) is 58.4 Å². The molecular weight excluding hydrogens is 350 g/mol. The number of carbonyl (C=O) groups is 1. The molecule has 5 nitrogen and oxygen atoms in total. The number of carbonyl (C=O) groups excluding carboxylic acids is 1. The number of amides is 1. The first-order valence-electron chi connectivity index (χ1n) is 9.51. The van der Waals surface area contributed by atoms with Crippen molar-refractivity contribution in [3.63, 3.8) is 0 Å². The van der Waals surface area contributed by atoms with E-state index in [1.54, 1.807) is 0 Å². The number of para-hydroxylation sites is 1. The lowest BCUT2D eigenvalue weighted by Gasteiger charge is -2.30. The van der Waals surface area contributed by atoms with Crippen molar-refractivity contribution < 1.29 is 9.90 Å². The minimum Gasteiger partial charge on any atom is -0.513 e. The van der Waals surface area contributed by atoms with Crippen molar-refractivity contribution in [1.82, 2.24) is 14.5 Å². The van der Waals surface area contributed by atoms with E-state index in [9.17, 15) is 9.90 Å². The predicted octanol–water partition coefficient (Wildman–Crippen LogP) is 4.46. The normalized spacial score (nSPS) is 14.8. The van der Waals surface area contributed by atoms with Crippen LogP contribution in [0.1, 0.15) is 23.3 Å². The molecule has 0 atom stereocenters. The van der Waals surface area contributed by atoms with Gasteiger partial charge in [0.1, 0.15) is 11.5 Å². The summed E-state index contributed by atoms with van der Waals surface area (Å²) in [5.41, 5.74) is 2.35. The molecule has 1 aliphatic heterocycles. The highest BCUT2D eigenvalue weighted by molar-refractivity contribution is 5.93. The molecule has 1 N–H and O–H groups in total. The van der Waals surface area contributed by atoms with Crippen molar-refractivity contribution in [3.05, 3.63) is 84.9 Å². The maximum atomic E-state index is 13.1. The van der Waals surface area contributed by atoms with E-state index in [-0.39, 0.29) is 17.6 Å². The molecular formula is C23H23N3O2. The second-order valence-corrected chi connectivity index (χ2v) is 7.08. The molecule has 0 bridgehead atoms. The standard InChI is InChI=1S/C23H23N3O2/c1-17(27)18-12-14-25(15-13-18)23(28)21-16-26(20-10-6-3-7-11-20)22(24-21)19-8-4-2-5-9-19/h2-11,16,18,27H,1,12-15H2. The summed E-state index contributed by atoms with van der Waals surface area (Å²) in [6.45, 7) is 4.82. The van der Waals surface area contributed by atoms with Crippen LogP contribution in [-0.4, -0.2) is 38.6 Å². The van der Waals surface area contributed by atoms with E-state index in [2.05, 4.69) is 6.58 Å². The molecule has 5 heteroatoms. The van der Waals surface area contributed by atoms with E-state index in [1.807, 2.05) is 76.3 Å². The Balaban J connectivity index is 1.66. The van der Waals surface area contributed by atoms with Gasteiger partial charge in [0.05, 0.1) is 5.76 Å². The number of likely N-dealkylation sites (tertiary alicyclic amines) is 1. The summed E-state index contributed by atoms with van der Waals surface area (Å²) in [5, 5.41) is 9.60. The fourth-order valence-electron chi connectivity index (χ4n) is 3.64. The molecule has 0 aliphatic carbocycles. The number of hydrogen-bond donors (Lipinski definition) is 1. The van der Waals surface area contributed by atoms with Gasteiger partial charge in [-0.15, -0.1) is 0 Å².